The summed E-state index contributed by atoms with van der Waals surface area (Å²) in [6.45, 7) is 0. The SMILES string of the molecule is c1c[nH]c(-c2ccc3cocc3c2)n1. The fourth-order valence-electron chi connectivity index (χ4n) is 1.54. The molecule has 14 heavy (non-hydrogen) atoms. The molecule has 3 heteroatoms. The molecule has 0 fully saturated rings. The van der Waals surface area contributed by atoms with Crippen molar-refractivity contribution in [3.8, 4) is 11.4 Å². The van der Waals surface area contributed by atoms with Gasteiger partial charge >= 0.3 is 0 Å². The maximum atomic E-state index is 5.11. The molecular formula is C11H8N2O. The van der Waals surface area contributed by atoms with E-state index in [-0.39, 0.29) is 0 Å². The van der Waals surface area contributed by atoms with Gasteiger partial charge in [-0.05, 0) is 6.07 Å². The quantitative estimate of drug-likeness (QED) is 0.631. The van der Waals surface area contributed by atoms with Gasteiger partial charge in [0.05, 0.1) is 12.5 Å². The summed E-state index contributed by atoms with van der Waals surface area (Å²) in [5.74, 6) is 0.883. The van der Waals surface area contributed by atoms with Crippen LogP contribution in [0.2, 0.25) is 0 Å². The Balaban J connectivity index is 2.23. The van der Waals surface area contributed by atoms with Gasteiger partial charge in [0.15, 0.2) is 0 Å². The Morgan fingerprint density at radius 2 is 2.07 bits per heavy atom. The number of H-pyrrole nitrogens is 1. The molecule has 0 aliphatic heterocycles. The Morgan fingerprint density at radius 3 is 2.93 bits per heavy atom. The molecule has 68 valence electrons. The summed E-state index contributed by atoms with van der Waals surface area (Å²) in [4.78, 5) is 7.26. The summed E-state index contributed by atoms with van der Waals surface area (Å²) in [7, 11) is 0. The van der Waals surface area contributed by atoms with E-state index in [1.54, 1.807) is 18.7 Å². The number of hydrogen-bond acceptors (Lipinski definition) is 2. The fourth-order valence-corrected chi connectivity index (χ4v) is 1.54. The predicted molar refractivity (Wildman–Crippen MR) is 53.8 cm³/mol. The number of furan rings is 1. The number of aromatic amines is 1. The second kappa shape index (κ2) is 2.73. The molecule has 0 unspecified atom stereocenters. The lowest BCUT2D eigenvalue weighted by Gasteiger charge is -1.95. The van der Waals surface area contributed by atoms with Crippen molar-refractivity contribution < 1.29 is 4.42 Å². The van der Waals surface area contributed by atoms with Gasteiger partial charge < -0.3 is 9.40 Å². The van der Waals surface area contributed by atoms with Crippen molar-refractivity contribution in [3.05, 3.63) is 43.1 Å². The summed E-state index contributed by atoms with van der Waals surface area (Å²) < 4.78 is 5.11. The highest BCUT2D eigenvalue weighted by molar-refractivity contribution is 5.85. The number of rotatable bonds is 1. The van der Waals surface area contributed by atoms with Crippen LogP contribution in [0.4, 0.5) is 0 Å². The highest BCUT2D eigenvalue weighted by atomic mass is 16.3. The van der Waals surface area contributed by atoms with Crippen molar-refractivity contribution in [3.63, 3.8) is 0 Å². The summed E-state index contributed by atoms with van der Waals surface area (Å²) >= 11 is 0. The van der Waals surface area contributed by atoms with Crippen molar-refractivity contribution in [1.82, 2.24) is 9.97 Å². The predicted octanol–water partition coefficient (Wildman–Crippen LogP) is 2.82. The zero-order chi connectivity index (χ0) is 9.38. The molecule has 3 aromatic rings. The molecule has 0 saturated carbocycles. The van der Waals surface area contributed by atoms with Crippen LogP contribution in [0.5, 0.6) is 0 Å². The maximum absolute atomic E-state index is 5.11. The molecule has 1 N–H and O–H groups in total. The molecule has 0 spiro atoms. The van der Waals surface area contributed by atoms with Crippen molar-refractivity contribution in [2.75, 3.05) is 0 Å². The first-order chi connectivity index (χ1) is 6.93. The minimum atomic E-state index is 0.883. The molecule has 2 aromatic heterocycles. The number of aromatic nitrogens is 2. The standard InChI is InChI=1S/C11H8N2O/c1-2-9-6-14-7-10(9)5-8(1)11-12-3-4-13-11/h1-7H,(H,12,13). The number of fused-ring (bicyclic) bond motifs is 1. The van der Waals surface area contributed by atoms with E-state index >= 15 is 0 Å². The zero-order valence-corrected chi connectivity index (χ0v) is 7.40. The first kappa shape index (κ1) is 7.38. The third-order valence-corrected chi connectivity index (χ3v) is 2.25. The number of benzene rings is 1. The van der Waals surface area contributed by atoms with Crippen LogP contribution in [0.15, 0.2) is 47.5 Å². The van der Waals surface area contributed by atoms with Gasteiger partial charge in [-0.3, -0.25) is 0 Å². The Labute approximate surface area is 80.4 Å². The lowest BCUT2D eigenvalue weighted by molar-refractivity contribution is 0.572. The molecule has 0 atom stereocenters. The third-order valence-electron chi connectivity index (χ3n) is 2.25. The lowest BCUT2D eigenvalue weighted by atomic mass is 10.1. The van der Waals surface area contributed by atoms with E-state index in [1.807, 2.05) is 18.3 Å². The zero-order valence-electron chi connectivity index (χ0n) is 7.40. The van der Waals surface area contributed by atoms with E-state index in [1.165, 1.54) is 0 Å². The van der Waals surface area contributed by atoms with E-state index in [4.69, 9.17) is 4.42 Å². The molecule has 0 bridgehead atoms. The van der Waals surface area contributed by atoms with Crippen LogP contribution in [-0.4, -0.2) is 9.97 Å². The highest BCUT2D eigenvalue weighted by Crippen LogP contribution is 2.22. The summed E-state index contributed by atoms with van der Waals surface area (Å²) in [5.41, 5.74) is 1.07. The second-order valence-electron chi connectivity index (χ2n) is 3.15. The molecule has 0 saturated heterocycles. The first-order valence-corrected chi connectivity index (χ1v) is 4.39. The molecule has 0 aliphatic carbocycles. The van der Waals surface area contributed by atoms with Crippen LogP contribution >= 0.6 is 0 Å². The van der Waals surface area contributed by atoms with Gasteiger partial charge in [-0.25, -0.2) is 4.98 Å². The van der Waals surface area contributed by atoms with E-state index < -0.39 is 0 Å². The lowest BCUT2D eigenvalue weighted by Crippen LogP contribution is -1.78. The van der Waals surface area contributed by atoms with E-state index in [0.717, 1.165) is 22.2 Å². The number of nitrogens with zero attached hydrogens (tertiary/aromatic N) is 1. The Morgan fingerprint density at radius 1 is 1.14 bits per heavy atom. The normalized spacial score (nSPS) is 10.9. The number of nitrogens with one attached hydrogen (secondary N) is 1. The second-order valence-corrected chi connectivity index (χ2v) is 3.15. The van der Waals surface area contributed by atoms with Crippen molar-refractivity contribution in [2.45, 2.75) is 0 Å². The first-order valence-electron chi connectivity index (χ1n) is 4.39. The molecule has 1 aromatic carbocycles. The average molecular weight is 184 g/mol. The molecule has 3 rings (SSSR count). The van der Waals surface area contributed by atoms with Crippen LogP contribution in [0.25, 0.3) is 22.2 Å². The Kier molecular flexibility index (Phi) is 1.44. The molecule has 3 nitrogen and oxygen atoms in total. The maximum Gasteiger partial charge on any atom is 0.137 e. The molecular weight excluding hydrogens is 176 g/mol. The van der Waals surface area contributed by atoms with E-state index in [9.17, 15) is 0 Å². The molecule has 0 aliphatic rings. The minimum absolute atomic E-state index is 0.883. The summed E-state index contributed by atoms with van der Waals surface area (Å²) in [6.07, 6.45) is 7.03. The van der Waals surface area contributed by atoms with Crippen molar-refractivity contribution >= 4 is 10.8 Å². The van der Waals surface area contributed by atoms with Crippen LogP contribution in [0, 0.1) is 0 Å². The molecule has 2 heterocycles. The Hall–Kier alpha value is -2.03. The Bertz CT molecular complexity index is 551. The summed E-state index contributed by atoms with van der Waals surface area (Å²) in [6, 6.07) is 6.10. The van der Waals surface area contributed by atoms with Crippen LogP contribution in [0.1, 0.15) is 0 Å². The molecule has 0 amide bonds. The monoisotopic (exact) mass is 184 g/mol. The van der Waals surface area contributed by atoms with Gasteiger partial charge in [-0.1, -0.05) is 12.1 Å². The van der Waals surface area contributed by atoms with Crippen LogP contribution < -0.4 is 0 Å². The average Bonchev–Trinajstić information content (AvgIpc) is 2.88. The van der Waals surface area contributed by atoms with E-state index in [0.29, 0.717) is 0 Å². The van der Waals surface area contributed by atoms with Gasteiger partial charge in [0.25, 0.3) is 0 Å². The van der Waals surface area contributed by atoms with Gasteiger partial charge in [0.1, 0.15) is 5.82 Å². The fraction of sp³-hybridized carbons (Fsp3) is 0. The smallest absolute Gasteiger partial charge is 0.137 e. The minimum Gasteiger partial charge on any atom is -0.471 e. The van der Waals surface area contributed by atoms with Crippen LogP contribution in [0.3, 0.4) is 0 Å². The highest BCUT2D eigenvalue weighted by Gasteiger charge is 2.01. The largest absolute Gasteiger partial charge is 0.471 e. The van der Waals surface area contributed by atoms with Gasteiger partial charge in [-0.15, -0.1) is 0 Å². The van der Waals surface area contributed by atoms with Gasteiger partial charge in [0, 0.05) is 28.7 Å². The van der Waals surface area contributed by atoms with Gasteiger partial charge in [0.2, 0.25) is 0 Å². The summed E-state index contributed by atoms with van der Waals surface area (Å²) in [5, 5.41) is 2.21. The topological polar surface area (TPSA) is 41.8 Å². The number of hydrogen-bond donors (Lipinski definition) is 1. The van der Waals surface area contributed by atoms with Gasteiger partial charge in [-0.2, -0.15) is 0 Å². The van der Waals surface area contributed by atoms with E-state index in [2.05, 4.69) is 16.0 Å². The number of imidazole rings is 1. The third kappa shape index (κ3) is 1.03. The van der Waals surface area contributed by atoms with Crippen molar-refractivity contribution in [2.24, 2.45) is 0 Å². The molecule has 0 radical (unpaired) electrons. The van der Waals surface area contributed by atoms with Crippen molar-refractivity contribution in [1.29, 1.82) is 0 Å². The van der Waals surface area contributed by atoms with Crippen LogP contribution in [-0.2, 0) is 0 Å².